The number of hydrogen-bond donors (Lipinski definition) is 2. The van der Waals surface area contributed by atoms with E-state index in [0.717, 1.165) is 18.4 Å². The maximum absolute atomic E-state index is 14.1. The van der Waals surface area contributed by atoms with Crippen molar-refractivity contribution in [3.05, 3.63) is 83.7 Å². The normalized spacial score (nSPS) is 14.1. The molecular formula is C26H28FN3O4S. The first-order valence-corrected chi connectivity index (χ1v) is 13.0. The molecule has 0 unspecified atom stereocenters. The Morgan fingerprint density at radius 3 is 2.26 bits per heavy atom. The molecule has 0 bridgehead atoms. The Labute approximate surface area is 204 Å². The number of para-hydroxylation sites is 1. The van der Waals surface area contributed by atoms with Crippen LogP contribution in [-0.2, 0) is 16.4 Å². The summed E-state index contributed by atoms with van der Waals surface area (Å²) in [6, 6.07) is 17.9. The Morgan fingerprint density at radius 2 is 1.63 bits per heavy atom. The van der Waals surface area contributed by atoms with Crippen molar-refractivity contribution in [3.8, 4) is 0 Å². The first kappa shape index (κ1) is 24.5. The van der Waals surface area contributed by atoms with Gasteiger partial charge in [0.05, 0.1) is 21.8 Å². The highest BCUT2D eigenvalue weighted by Crippen LogP contribution is 2.28. The molecule has 0 spiro atoms. The van der Waals surface area contributed by atoms with Crippen LogP contribution < -0.4 is 14.5 Å². The van der Waals surface area contributed by atoms with E-state index in [1.807, 2.05) is 16.7 Å². The van der Waals surface area contributed by atoms with E-state index in [1.165, 1.54) is 30.3 Å². The van der Waals surface area contributed by atoms with Crippen molar-refractivity contribution in [2.45, 2.75) is 24.7 Å². The molecule has 0 radical (unpaired) electrons. The summed E-state index contributed by atoms with van der Waals surface area (Å²) in [4.78, 5) is 16.0. The Morgan fingerprint density at radius 1 is 0.971 bits per heavy atom. The van der Waals surface area contributed by atoms with Crippen LogP contribution in [0.2, 0.25) is 0 Å². The summed E-state index contributed by atoms with van der Waals surface area (Å²) in [6.07, 6.45) is 1.81. The molecule has 4 rings (SSSR count). The number of carbonyl (C=O) groups is 1. The summed E-state index contributed by atoms with van der Waals surface area (Å²) >= 11 is 0. The molecule has 2 N–H and O–H groups in total. The van der Waals surface area contributed by atoms with Crippen molar-refractivity contribution in [2.75, 3.05) is 40.7 Å². The lowest BCUT2D eigenvalue weighted by molar-refractivity contribution is 0.0698. The van der Waals surface area contributed by atoms with Gasteiger partial charge in [0.25, 0.3) is 10.0 Å². The summed E-state index contributed by atoms with van der Waals surface area (Å²) in [6.45, 7) is 4.34. The highest BCUT2D eigenvalue weighted by Gasteiger charge is 2.23. The Bertz CT molecular complexity index is 1300. The summed E-state index contributed by atoms with van der Waals surface area (Å²) < 4.78 is 42.3. The third kappa shape index (κ3) is 5.57. The second-order valence-corrected chi connectivity index (χ2v) is 10.1. The van der Waals surface area contributed by atoms with Crippen LogP contribution in [0, 0.1) is 5.82 Å². The maximum Gasteiger partial charge on any atom is 0.337 e. The molecule has 3 aromatic carbocycles. The summed E-state index contributed by atoms with van der Waals surface area (Å²) in [5.74, 6) is -1.50. The van der Waals surface area contributed by atoms with Crippen molar-refractivity contribution >= 4 is 33.1 Å². The van der Waals surface area contributed by atoms with Crippen molar-refractivity contribution in [1.29, 1.82) is 0 Å². The molecule has 1 fully saturated rings. The molecule has 0 amide bonds. The maximum atomic E-state index is 14.1. The average Bonchev–Trinajstić information content (AvgIpc) is 2.85. The molecule has 1 aliphatic rings. The molecule has 0 aliphatic carbocycles. The second kappa shape index (κ2) is 10.4. The number of nitrogens with one attached hydrogen (secondary N) is 1. The Hall–Kier alpha value is -3.59. The number of carboxylic acids is 1. The number of halogens is 1. The van der Waals surface area contributed by atoms with E-state index in [2.05, 4.69) is 4.72 Å². The number of aromatic carboxylic acids is 1. The van der Waals surface area contributed by atoms with Crippen LogP contribution in [-0.4, -0.2) is 45.7 Å². The van der Waals surface area contributed by atoms with Gasteiger partial charge in [-0.3, -0.25) is 4.72 Å². The molecule has 1 heterocycles. The number of anilines is 3. The van der Waals surface area contributed by atoms with Crippen LogP contribution >= 0.6 is 0 Å². The highest BCUT2D eigenvalue weighted by molar-refractivity contribution is 7.92. The Balaban J connectivity index is 1.50. The number of hydrogen-bond acceptors (Lipinski definition) is 5. The van der Waals surface area contributed by atoms with Gasteiger partial charge in [0.2, 0.25) is 0 Å². The average molecular weight is 498 g/mol. The van der Waals surface area contributed by atoms with Gasteiger partial charge in [0.15, 0.2) is 0 Å². The smallest absolute Gasteiger partial charge is 0.337 e. The molecule has 0 aromatic heterocycles. The van der Waals surface area contributed by atoms with Crippen LogP contribution in [0.4, 0.5) is 21.5 Å². The highest BCUT2D eigenvalue weighted by atomic mass is 32.2. The number of piperazine rings is 1. The molecule has 0 atom stereocenters. The molecule has 184 valence electrons. The monoisotopic (exact) mass is 497 g/mol. The largest absolute Gasteiger partial charge is 0.478 e. The zero-order chi connectivity index (χ0) is 25.0. The van der Waals surface area contributed by atoms with Gasteiger partial charge in [-0.2, -0.15) is 0 Å². The summed E-state index contributed by atoms with van der Waals surface area (Å²) in [7, 11) is -3.95. The van der Waals surface area contributed by atoms with E-state index in [-0.39, 0.29) is 22.0 Å². The lowest BCUT2D eigenvalue weighted by atomic mass is 10.1. The topological polar surface area (TPSA) is 90.0 Å². The van der Waals surface area contributed by atoms with Gasteiger partial charge < -0.3 is 14.9 Å². The first-order valence-electron chi connectivity index (χ1n) is 11.5. The predicted molar refractivity (Wildman–Crippen MR) is 135 cm³/mol. The van der Waals surface area contributed by atoms with E-state index in [9.17, 15) is 22.7 Å². The third-order valence-corrected chi connectivity index (χ3v) is 7.47. The van der Waals surface area contributed by atoms with E-state index >= 15 is 0 Å². The number of rotatable bonds is 8. The molecule has 0 saturated carbocycles. The molecule has 3 aromatic rings. The molecular weight excluding hydrogens is 469 g/mol. The molecule has 35 heavy (non-hydrogen) atoms. The van der Waals surface area contributed by atoms with Crippen LogP contribution in [0.3, 0.4) is 0 Å². The van der Waals surface area contributed by atoms with Crippen molar-refractivity contribution in [1.82, 2.24) is 0 Å². The SMILES string of the molecule is CCCc1ccc(S(=O)(=O)Nc2ccc(N3CCN(c4ccccc4F)CC3)cc2C(=O)O)cc1. The van der Waals surface area contributed by atoms with E-state index in [4.69, 9.17) is 0 Å². The van der Waals surface area contributed by atoms with Crippen molar-refractivity contribution in [3.63, 3.8) is 0 Å². The minimum absolute atomic E-state index is 0.00359. The van der Waals surface area contributed by atoms with Crippen LogP contribution in [0.1, 0.15) is 29.3 Å². The van der Waals surface area contributed by atoms with Gasteiger partial charge >= 0.3 is 5.97 Å². The number of carboxylic acid groups (broad SMARTS) is 1. The first-order chi connectivity index (χ1) is 16.8. The molecule has 9 heteroatoms. The second-order valence-electron chi connectivity index (χ2n) is 8.46. The third-order valence-electron chi connectivity index (χ3n) is 6.09. The van der Waals surface area contributed by atoms with Crippen molar-refractivity contribution in [2.24, 2.45) is 0 Å². The van der Waals surface area contributed by atoms with Gasteiger partial charge in [-0.1, -0.05) is 37.6 Å². The molecule has 7 nitrogen and oxygen atoms in total. The lowest BCUT2D eigenvalue weighted by Gasteiger charge is -2.37. The fraction of sp³-hybridized carbons (Fsp3) is 0.269. The van der Waals surface area contributed by atoms with E-state index < -0.39 is 16.0 Å². The fourth-order valence-corrected chi connectivity index (χ4v) is 5.32. The zero-order valence-corrected chi connectivity index (χ0v) is 20.3. The number of nitrogens with zero attached hydrogens (tertiary/aromatic N) is 2. The standard InChI is InChI=1S/C26H28FN3O4S/c1-2-5-19-8-11-21(12-9-19)35(33,34)28-24-13-10-20(18-22(24)26(31)32)29-14-16-30(17-15-29)25-7-4-3-6-23(25)27/h3-4,6-13,18,28H,2,5,14-17H2,1H3,(H,31,32). The predicted octanol–water partition coefficient (Wildman–Crippen LogP) is 4.60. The van der Waals surface area contributed by atoms with Gasteiger partial charge in [-0.05, 0) is 54.4 Å². The quantitative estimate of drug-likeness (QED) is 0.473. The number of sulfonamides is 1. The van der Waals surface area contributed by atoms with Crippen LogP contribution in [0.15, 0.2) is 71.6 Å². The number of benzene rings is 3. The minimum atomic E-state index is -3.95. The van der Waals surface area contributed by atoms with Crippen LogP contribution in [0.25, 0.3) is 0 Å². The van der Waals surface area contributed by atoms with E-state index in [1.54, 1.807) is 36.4 Å². The van der Waals surface area contributed by atoms with Gasteiger partial charge in [-0.15, -0.1) is 0 Å². The Kier molecular flexibility index (Phi) is 7.25. The fourth-order valence-electron chi connectivity index (χ4n) is 4.24. The zero-order valence-electron chi connectivity index (χ0n) is 19.4. The summed E-state index contributed by atoms with van der Waals surface area (Å²) in [5.41, 5.74) is 2.12. The molecule has 1 saturated heterocycles. The van der Waals surface area contributed by atoms with Gasteiger partial charge in [0, 0.05) is 31.9 Å². The lowest BCUT2D eigenvalue weighted by Crippen LogP contribution is -2.46. The van der Waals surface area contributed by atoms with Crippen LogP contribution in [0.5, 0.6) is 0 Å². The summed E-state index contributed by atoms with van der Waals surface area (Å²) in [5, 5.41) is 9.77. The van der Waals surface area contributed by atoms with Crippen molar-refractivity contribution < 1.29 is 22.7 Å². The van der Waals surface area contributed by atoms with Gasteiger partial charge in [-0.25, -0.2) is 17.6 Å². The van der Waals surface area contributed by atoms with E-state index in [0.29, 0.717) is 37.6 Å². The molecule has 1 aliphatic heterocycles. The number of aryl methyl sites for hydroxylation is 1. The van der Waals surface area contributed by atoms with Gasteiger partial charge in [0.1, 0.15) is 5.82 Å². The minimum Gasteiger partial charge on any atom is -0.478 e.